The third kappa shape index (κ3) is 2.03. The molecule has 1 aromatic rings. The van der Waals surface area contributed by atoms with Crippen LogP contribution in [0.25, 0.3) is 0 Å². The van der Waals surface area contributed by atoms with Crippen LogP contribution in [0.3, 0.4) is 0 Å². The highest BCUT2D eigenvalue weighted by molar-refractivity contribution is 5.92. The Kier molecular flexibility index (Phi) is 3.18. The van der Waals surface area contributed by atoms with Crippen molar-refractivity contribution in [2.24, 2.45) is 5.73 Å². The number of hydrogen-bond acceptors (Lipinski definition) is 3. The quantitative estimate of drug-likeness (QED) is 0.831. The van der Waals surface area contributed by atoms with Gasteiger partial charge in [-0.05, 0) is 6.92 Å². The first-order valence-corrected chi connectivity index (χ1v) is 4.10. The molecule has 0 aliphatic rings. The van der Waals surface area contributed by atoms with E-state index in [0.717, 1.165) is 6.20 Å². The van der Waals surface area contributed by atoms with Gasteiger partial charge >= 0.3 is 0 Å². The van der Waals surface area contributed by atoms with E-state index in [-0.39, 0.29) is 22.6 Å². The summed E-state index contributed by atoms with van der Waals surface area (Å²) in [5.41, 5.74) is 4.84. The number of ether oxygens (including phenoxy) is 1. The van der Waals surface area contributed by atoms with E-state index in [9.17, 15) is 13.6 Å². The van der Waals surface area contributed by atoms with Gasteiger partial charge < -0.3 is 10.5 Å². The number of amides is 1. The second-order valence-corrected chi connectivity index (χ2v) is 2.89. The molecule has 0 fully saturated rings. The number of hydrogen-bond donors (Lipinski definition) is 1. The number of aromatic nitrogens is 1. The number of rotatable bonds is 3. The molecule has 82 valence electrons. The monoisotopic (exact) mass is 216 g/mol. The van der Waals surface area contributed by atoms with Crippen molar-refractivity contribution < 1.29 is 18.3 Å². The molecule has 2 N–H and O–H groups in total. The number of pyridine rings is 1. The van der Waals surface area contributed by atoms with E-state index < -0.39 is 12.3 Å². The van der Waals surface area contributed by atoms with Crippen molar-refractivity contribution in [2.45, 2.75) is 13.3 Å². The number of halogens is 2. The number of nitrogens with zero attached hydrogens (tertiary/aromatic N) is 1. The van der Waals surface area contributed by atoms with Crippen LogP contribution >= 0.6 is 0 Å². The maximum atomic E-state index is 12.5. The number of carbonyl (C=O) groups is 1. The van der Waals surface area contributed by atoms with E-state index >= 15 is 0 Å². The van der Waals surface area contributed by atoms with Gasteiger partial charge in [0.25, 0.3) is 12.3 Å². The molecule has 0 aliphatic carbocycles. The first kappa shape index (κ1) is 11.4. The van der Waals surface area contributed by atoms with Crippen molar-refractivity contribution in [3.63, 3.8) is 0 Å². The average molecular weight is 216 g/mol. The van der Waals surface area contributed by atoms with Crippen LogP contribution in [-0.4, -0.2) is 18.0 Å². The standard InChI is InChI=1S/C9H10F2N2O2/c1-4-6(9(12)14)13-3-5(8(10)11)7(4)15-2/h3,8H,1-2H3,(H2,12,14). The van der Waals surface area contributed by atoms with Crippen LogP contribution in [0.4, 0.5) is 8.78 Å². The van der Waals surface area contributed by atoms with E-state index in [0.29, 0.717) is 0 Å². The minimum atomic E-state index is -2.70. The first-order chi connectivity index (χ1) is 6.99. The van der Waals surface area contributed by atoms with Crippen LogP contribution in [0, 0.1) is 6.92 Å². The number of carbonyl (C=O) groups excluding carboxylic acids is 1. The lowest BCUT2D eigenvalue weighted by Gasteiger charge is -2.11. The Morgan fingerprint density at radius 3 is 2.60 bits per heavy atom. The van der Waals surface area contributed by atoms with Gasteiger partial charge in [0.05, 0.1) is 12.7 Å². The molecule has 0 bridgehead atoms. The van der Waals surface area contributed by atoms with Gasteiger partial charge in [0.2, 0.25) is 0 Å². The Balaban J connectivity index is 3.39. The van der Waals surface area contributed by atoms with Gasteiger partial charge in [-0.15, -0.1) is 0 Å². The molecule has 4 nitrogen and oxygen atoms in total. The summed E-state index contributed by atoms with van der Waals surface area (Å²) in [5.74, 6) is -0.819. The van der Waals surface area contributed by atoms with Crippen LogP contribution in [0.1, 0.15) is 28.0 Å². The zero-order valence-corrected chi connectivity index (χ0v) is 8.25. The molecule has 1 rings (SSSR count). The Morgan fingerprint density at radius 2 is 2.20 bits per heavy atom. The second-order valence-electron chi connectivity index (χ2n) is 2.89. The number of alkyl halides is 2. The van der Waals surface area contributed by atoms with Crippen LogP contribution in [-0.2, 0) is 0 Å². The maximum absolute atomic E-state index is 12.5. The van der Waals surface area contributed by atoms with E-state index in [1.807, 2.05) is 0 Å². The molecule has 1 heterocycles. The molecular weight excluding hydrogens is 206 g/mol. The fourth-order valence-corrected chi connectivity index (χ4v) is 1.29. The normalized spacial score (nSPS) is 10.5. The molecule has 1 amide bonds. The highest BCUT2D eigenvalue weighted by atomic mass is 19.3. The van der Waals surface area contributed by atoms with Crippen molar-refractivity contribution in [3.05, 3.63) is 23.0 Å². The maximum Gasteiger partial charge on any atom is 0.268 e. The molecule has 0 saturated carbocycles. The fourth-order valence-electron chi connectivity index (χ4n) is 1.29. The molecule has 0 radical (unpaired) electrons. The van der Waals surface area contributed by atoms with E-state index in [1.165, 1.54) is 14.0 Å². The smallest absolute Gasteiger partial charge is 0.268 e. The lowest BCUT2D eigenvalue weighted by atomic mass is 10.1. The molecule has 0 spiro atoms. The van der Waals surface area contributed by atoms with Crippen LogP contribution < -0.4 is 10.5 Å². The summed E-state index contributed by atoms with van der Waals surface area (Å²) in [6.45, 7) is 1.46. The molecular formula is C9H10F2N2O2. The van der Waals surface area contributed by atoms with Crippen molar-refractivity contribution >= 4 is 5.91 Å². The Morgan fingerprint density at radius 1 is 1.60 bits per heavy atom. The molecule has 15 heavy (non-hydrogen) atoms. The number of primary amides is 1. The summed E-state index contributed by atoms with van der Waals surface area (Å²) in [5, 5.41) is 0. The van der Waals surface area contributed by atoms with Gasteiger partial charge in [-0.1, -0.05) is 0 Å². The molecule has 0 aromatic carbocycles. The summed E-state index contributed by atoms with van der Waals surface area (Å²) < 4.78 is 29.8. The molecule has 0 saturated heterocycles. The molecule has 6 heteroatoms. The van der Waals surface area contributed by atoms with Gasteiger partial charge in [0.1, 0.15) is 11.4 Å². The third-order valence-electron chi connectivity index (χ3n) is 1.96. The van der Waals surface area contributed by atoms with E-state index in [4.69, 9.17) is 10.5 Å². The zero-order chi connectivity index (χ0) is 11.6. The highest BCUT2D eigenvalue weighted by Gasteiger charge is 2.20. The van der Waals surface area contributed by atoms with Crippen molar-refractivity contribution in [2.75, 3.05) is 7.11 Å². The van der Waals surface area contributed by atoms with Crippen molar-refractivity contribution in [3.8, 4) is 5.75 Å². The van der Waals surface area contributed by atoms with Gasteiger partial charge in [0.15, 0.2) is 0 Å². The lowest BCUT2D eigenvalue weighted by molar-refractivity contribution is 0.0993. The SMILES string of the molecule is COc1c(C(F)F)cnc(C(N)=O)c1C. The summed E-state index contributed by atoms with van der Waals surface area (Å²) in [6, 6.07) is 0. The fraction of sp³-hybridized carbons (Fsp3) is 0.333. The Hall–Kier alpha value is -1.72. The largest absolute Gasteiger partial charge is 0.496 e. The zero-order valence-electron chi connectivity index (χ0n) is 8.25. The summed E-state index contributed by atoms with van der Waals surface area (Å²) in [7, 11) is 1.25. The van der Waals surface area contributed by atoms with Gasteiger partial charge in [-0.2, -0.15) is 0 Å². The van der Waals surface area contributed by atoms with Crippen molar-refractivity contribution in [1.82, 2.24) is 4.98 Å². The molecule has 0 aliphatic heterocycles. The van der Waals surface area contributed by atoms with Gasteiger partial charge in [-0.25, -0.2) is 8.78 Å². The Labute approximate surface area is 85.1 Å². The average Bonchev–Trinajstić information content (AvgIpc) is 2.16. The minimum Gasteiger partial charge on any atom is -0.496 e. The lowest BCUT2D eigenvalue weighted by Crippen LogP contribution is -2.16. The predicted octanol–water partition coefficient (Wildman–Crippen LogP) is 1.44. The predicted molar refractivity (Wildman–Crippen MR) is 49.0 cm³/mol. The van der Waals surface area contributed by atoms with Crippen LogP contribution in [0.5, 0.6) is 5.75 Å². The van der Waals surface area contributed by atoms with Gasteiger partial charge in [0, 0.05) is 11.8 Å². The first-order valence-electron chi connectivity index (χ1n) is 4.10. The Bertz CT molecular complexity index is 394. The highest BCUT2D eigenvalue weighted by Crippen LogP contribution is 2.32. The topological polar surface area (TPSA) is 65.2 Å². The van der Waals surface area contributed by atoms with E-state index in [2.05, 4.69) is 4.98 Å². The molecule has 1 aromatic heterocycles. The van der Waals surface area contributed by atoms with Crippen molar-refractivity contribution in [1.29, 1.82) is 0 Å². The second kappa shape index (κ2) is 4.20. The van der Waals surface area contributed by atoms with E-state index in [1.54, 1.807) is 0 Å². The van der Waals surface area contributed by atoms with Gasteiger partial charge in [-0.3, -0.25) is 9.78 Å². The summed E-state index contributed by atoms with van der Waals surface area (Å²) in [6.07, 6.45) is -1.80. The summed E-state index contributed by atoms with van der Waals surface area (Å²) in [4.78, 5) is 14.5. The minimum absolute atomic E-state index is 0.0474. The van der Waals surface area contributed by atoms with Crippen LogP contribution in [0.2, 0.25) is 0 Å². The molecule has 0 unspecified atom stereocenters. The summed E-state index contributed by atoms with van der Waals surface area (Å²) >= 11 is 0. The number of nitrogens with two attached hydrogens (primary N) is 1. The van der Waals surface area contributed by atoms with Crippen LogP contribution in [0.15, 0.2) is 6.20 Å². The number of methoxy groups -OCH3 is 1. The third-order valence-corrected chi connectivity index (χ3v) is 1.96. The molecule has 0 atom stereocenters.